The number of hydrogen-bond acceptors (Lipinski definition) is 3. The lowest BCUT2D eigenvalue weighted by Gasteiger charge is -2.08. The van der Waals surface area contributed by atoms with Crippen LogP contribution in [0, 0.1) is 0 Å². The fraction of sp³-hybridized carbons (Fsp3) is 0.333. The molecule has 3 N–H and O–H groups in total. The van der Waals surface area contributed by atoms with Crippen molar-refractivity contribution in [3.63, 3.8) is 0 Å². The predicted molar refractivity (Wildman–Crippen MR) is 71.1 cm³/mol. The average molecular weight is 252 g/mol. The molecule has 0 aliphatic carbocycles. The van der Waals surface area contributed by atoms with Crippen LogP contribution in [0.5, 0.6) is 5.75 Å². The van der Waals surface area contributed by atoms with Crippen LogP contribution in [0.2, 0.25) is 0 Å². The number of ether oxygens (including phenoxy) is 1. The lowest BCUT2D eigenvalue weighted by molar-refractivity contribution is -0.120. The molecule has 0 saturated carbocycles. The van der Waals surface area contributed by atoms with Gasteiger partial charge >= 0.3 is 0 Å². The summed E-state index contributed by atoms with van der Waals surface area (Å²) in [6, 6.07) is 7.64. The van der Waals surface area contributed by atoms with Gasteiger partial charge in [0.2, 0.25) is 5.91 Å². The maximum absolute atomic E-state index is 11.5. The van der Waals surface area contributed by atoms with E-state index in [0.29, 0.717) is 12.8 Å². The molecule has 0 atom stereocenters. The third kappa shape index (κ3) is 4.82. The van der Waals surface area contributed by atoms with Gasteiger partial charge in [0.1, 0.15) is 5.75 Å². The highest BCUT2D eigenvalue weighted by Crippen LogP contribution is 2.18. The molecule has 0 unspecified atom stereocenters. The number of hydrogen-bond donors (Lipinski definition) is 2. The zero-order chi connectivity index (χ0) is 12.7. The molecule has 0 aliphatic heterocycles. The van der Waals surface area contributed by atoms with Crippen LogP contribution in [-0.4, -0.2) is 24.6 Å². The fourth-order valence-electron chi connectivity index (χ4n) is 1.43. The number of benzene rings is 1. The largest absolute Gasteiger partial charge is 0.496 e. The number of para-hydroxylation sites is 1. The Balaban J connectivity index is 2.44. The van der Waals surface area contributed by atoms with E-state index in [1.54, 1.807) is 7.11 Å². The molecule has 4 nitrogen and oxygen atoms in total. The van der Waals surface area contributed by atoms with Crippen LogP contribution in [0.15, 0.2) is 24.3 Å². The van der Waals surface area contributed by atoms with Crippen molar-refractivity contribution < 1.29 is 9.53 Å². The predicted octanol–water partition coefficient (Wildman–Crippen LogP) is 1.03. The van der Waals surface area contributed by atoms with Gasteiger partial charge in [0.25, 0.3) is 0 Å². The van der Waals surface area contributed by atoms with E-state index in [2.05, 4.69) is 17.5 Å². The SMILES string of the molecule is COc1ccccc1CCC(=O)NCC(N)=S. The lowest BCUT2D eigenvalue weighted by atomic mass is 10.1. The number of methoxy groups -OCH3 is 1. The molecule has 0 saturated heterocycles. The molecule has 0 aliphatic rings. The van der Waals surface area contributed by atoms with Gasteiger partial charge in [-0.3, -0.25) is 4.79 Å². The number of carbonyl (C=O) groups excluding carboxylic acids is 1. The van der Waals surface area contributed by atoms with Crippen LogP contribution < -0.4 is 15.8 Å². The van der Waals surface area contributed by atoms with Gasteiger partial charge in [-0.15, -0.1) is 0 Å². The van der Waals surface area contributed by atoms with Gasteiger partial charge in [-0.05, 0) is 18.1 Å². The average Bonchev–Trinajstić information content (AvgIpc) is 2.34. The Morgan fingerprint density at radius 2 is 2.18 bits per heavy atom. The third-order valence-electron chi connectivity index (χ3n) is 2.27. The second kappa shape index (κ2) is 6.85. The Hall–Kier alpha value is -1.62. The minimum atomic E-state index is -0.0660. The maximum Gasteiger partial charge on any atom is 0.220 e. The van der Waals surface area contributed by atoms with Gasteiger partial charge in [0.05, 0.1) is 18.6 Å². The highest BCUT2D eigenvalue weighted by molar-refractivity contribution is 7.80. The van der Waals surface area contributed by atoms with E-state index in [9.17, 15) is 4.79 Å². The molecule has 1 rings (SSSR count). The molecule has 0 spiro atoms. The van der Waals surface area contributed by atoms with E-state index < -0.39 is 0 Å². The molecule has 1 amide bonds. The minimum absolute atomic E-state index is 0.0660. The summed E-state index contributed by atoms with van der Waals surface area (Å²) in [7, 11) is 1.62. The van der Waals surface area contributed by atoms with Crippen molar-refractivity contribution in [3.05, 3.63) is 29.8 Å². The van der Waals surface area contributed by atoms with E-state index in [-0.39, 0.29) is 17.4 Å². The second-order valence-corrected chi connectivity index (χ2v) is 4.08. The van der Waals surface area contributed by atoms with Crippen LogP contribution in [0.3, 0.4) is 0 Å². The molecular weight excluding hydrogens is 236 g/mol. The molecule has 5 heteroatoms. The maximum atomic E-state index is 11.5. The summed E-state index contributed by atoms with van der Waals surface area (Å²) in [6.45, 7) is 0.250. The number of nitrogens with one attached hydrogen (secondary N) is 1. The Morgan fingerprint density at radius 1 is 1.47 bits per heavy atom. The van der Waals surface area contributed by atoms with Crippen molar-refractivity contribution in [1.29, 1.82) is 0 Å². The number of nitrogens with two attached hydrogens (primary N) is 1. The highest BCUT2D eigenvalue weighted by Gasteiger charge is 2.05. The molecule has 1 aromatic carbocycles. The van der Waals surface area contributed by atoms with Crippen LogP contribution in [0.1, 0.15) is 12.0 Å². The highest BCUT2D eigenvalue weighted by atomic mass is 32.1. The van der Waals surface area contributed by atoms with Gasteiger partial charge in [-0.2, -0.15) is 0 Å². The Morgan fingerprint density at radius 3 is 2.82 bits per heavy atom. The summed E-state index contributed by atoms with van der Waals surface area (Å²) in [6.07, 6.45) is 1.02. The van der Waals surface area contributed by atoms with Crippen molar-refractivity contribution in [1.82, 2.24) is 5.32 Å². The van der Waals surface area contributed by atoms with Crippen molar-refractivity contribution >= 4 is 23.1 Å². The van der Waals surface area contributed by atoms with Gasteiger partial charge in [0.15, 0.2) is 0 Å². The zero-order valence-electron chi connectivity index (χ0n) is 9.73. The van der Waals surface area contributed by atoms with Crippen LogP contribution in [-0.2, 0) is 11.2 Å². The summed E-state index contributed by atoms with van der Waals surface area (Å²) in [5.74, 6) is 0.735. The first-order valence-electron chi connectivity index (χ1n) is 5.30. The van der Waals surface area contributed by atoms with Crippen molar-refractivity contribution in [2.24, 2.45) is 5.73 Å². The molecule has 0 fully saturated rings. The van der Waals surface area contributed by atoms with Gasteiger partial charge < -0.3 is 15.8 Å². The summed E-state index contributed by atoms with van der Waals surface area (Å²) in [5, 5.41) is 2.64. The van der Waals surface area contributed by atoms with Crippen LogP contribution >= 0.6 is 12.2 Å². The first-order valence-corrected chi connectivity index (χ1v) is 5.71. The summed E-state index contributed by atoms with van der Waals surface area (Å²) >= 11 is 4.67. The number of thiocarbonyl (C=S) groups is 1. The molecule has 0 aromatic heterocycles. The normalized spacial score (nSPS) is 9.71. The number of amides is 1. The van der Waals surface area contributed by atoms with E-state index in [0.717, 1.165) is 11.3 Å². The molecule has 0 radical (unpaired) electrons. The van der Waals surface area contributed by atoms with Gasteiger partial charge in [-0.1, -0.05) is 30.4 Å². The fourth-order valence-corrected chi connectivity index (χ4v) is 1.50. The van der Waals surface area contributed by atoms with Crippen LogP contribution in [0.4, 0.5) is 0 Å². The lowest BCUT2D eigenvalue weighted by Crippen LogP contribution is -2.32. The second-order valence-electron chi connectivity index (χ2n) is 3.55. The van der Waals surface area contributed by atoms with Crippen molar-refractivity contribution in [2.45, 2.75) is 12.8 Å². The first kappa shape index (κ1) is 13.4. The monoisotopic (exact) mass is 252 g/mol. The number of rotatable bonds is 6. The van der Waals surface area contributed by atoms with E-state index >= 15 is 0 Å². The Kier molecular flexibility index (Phi) is 5.42. The number of carbonyl (C=O) groups is 1. The molecule has 1 aromatic rings. The molecule has 0 heterocycles. The van der Waals surface area contributed by atoms with E-state index in [1.807, 2.05) is 24.3 Å². The summed E-state index contributed by atoms with van der Waals surface area (Å²) in [5.41, 5.74) is 6.30. The first-order chi connectivity index (χ1) is 8.13. The quantitative estimate of drug-likeness (QED) is 0.742. The smallest absolute Gasteiger partial charge is 0.220 e. The van der Waals surface area contributed by atoms with Gasteiger partial charge in [-0.25, -0.2) is 0 Å². The topological polar surface area (TPSA) is 64.3 Å². The standard InChI is InChI=1S/C12H16N2O2S/c1-16-10-5-3-2-4-9(10)6-7-12(15)14-8-11(13)17/h2-5H,6-8H2,1H3,(H2,13,17)(H,14,15). The zero-order valence-corrected chi connectivity index (χ0v) is 10.5. The van der Waals surface area contributed by atoms with Crippen molar-refractivity contribution in [2.75, 3.05) is 13.7 Å². The Labute approximate surface area is 106 Å². The molecule has 0 bridgehead atoms. The van der Waals surface area contributed by atoms with Gasteiger partial charge in [0, 0.05) is 6.42 Å². The minimum Gasteiger partial charge on any atom is -0.496 e. The molecule has 92 valence electrons. The third-order valence-corrected chi connectivity index (χ3v) is 2.42. The van der Waals surface area contributed by atoms with Crippen LogP contribution in [0.25, 0.3) is 0 Å². The molecule has 17 heavy (non-hydrogen) atoms. The van der Waals surface area contributed by atoms with E-state index in [4.69, 9.17) is 10.5 Å². The summed E-state index contributed by atoms with van der Waals surface area (Å²) in [4.78, 5) is 11.7. The summed E-state index contributed by atoms with van der Waals surface area (Å²) < 4.78 is 5.20. The molecular formula is C12H16N2O2S. The van der Waals surface area contributed by atoms with Crippen molar-refractivity contribution in [3.8, 4) is 5.75 Å². The Bertz CT molecular complexity index is 407. The number of aryl methyl sites for hydroxylation is 1. The van der Waals surface area contributed by atoms with E-state index in [1.165, 1.54) is 0 Å².